The summed E-state index contributed by atoms with van der Waals surface area (Å²) in [4.78, 5) is 24.9. The molecule has 5 nitrogen and oxygen atoms in total. The lowest BCUT2D eigenvalue weighted by molar-refractivity contribution is -0.140. The normalized spacial score (nSPS) is 16.8. The van der Waals surface area contributed by atoms with Crippen molar-refractivity contribution in [3.05, 3.63) is 88.5 Å². The third-order valence-corrected chi connectivity index (χ3v) is 12.7. The number of carbonyl (C=O) groups excluding carboxylic acids is 2. The molecule has 0 spiro atoms. The number of aryl methyl sites for hydroxylation is 1. The van der Waals surface area contributed by atoms with Gasteiger partial charge in [0, 0.05) is 17.8 Å². The van der Waals surface area contributed by atoms with E-state index in [9.17, 15) is 14.7 Å². The van der Waals surface area contributed by atoms with E-state index in [1.807, 2.05) is 0 Å². The zero-order chi connectivity index (χ0) is 32.3. The lowest BCUT2D eigenvalue weighted by atomic mass is 9.75. The van der Waals surface area contributed by atoms with Gasteiger partial charge in [-0.15, -0.1) is 0 Å². The number of unbranched alkanes of at least 4 members (excludes halogenated alkanes) is 2. The second-order valence-corrected chi connectivity index (χ2v) is 18.2. The first kappa shape index (κ1) is 35.5. The maximum absolute atomic E-state index is 12.4. The third kappa shape index (κ3) is 10.0. The Bertz CT molecular complexity index is 1230. The lowest BCUT2D eigenvalue weighted by Gasteiger charge is -2.33. The minimum absolute atomic E-state index is 0.124. The van der Waals surface area contributed by atoms with E-state index in [1.165, 1.54) is 36.0 Å². The third-order valence-electron chi connectivity index (χ3n) is 9.09. The van der Waals surface area contributed by atoms with E-state index < -0.39 is 20.0 Å². The number of aliphatic hydroxyl groups excluding tert-OH is 1. The standard InChI is InChI=1S/C38H54O5Si/c1-8-9-10-12-29-13-15-30(16-14-29)31-17-19-32(20-18-31)33-23-34(25-42-37(40)27(2)3)36(44(6,7)22-11-21-39)35(24-33)26-43-38(41)28(4)5/h13-16,23-24,31-32,39H,2,4,8-12,17-22,25-26H2,1,3,5-7H3. The van der Waals surface area contributed by atoms with Gasteiger partial charge in [0.2, 0.25) is 0 Å². The fourth-order valence-corrected chi connectivity index (χ4v) is 9.92. The lowest BCUT2D eigenvalue weighted by Crippen LogP contribution is -2.46. The number of hydrogen-bond acceptors (Lipinski definition) is 5. The van der Waals surface area contributed by atoms with Crippen LogP contribution in [-0.4, -0.2) is 31.7 Å². The number of carbonyl (C=O) groups is 2. The van der Waals surface area contributed by atoms with Gasteiger partial charge in [-0.25, -0.2) is 9.59 Å². The highest BCUT2D eigenvalue weighted by Crippen LogP contribution is 2.41. The van der Waals surface area contributed by atoms with E-state index in [4.69, 9.17) is 9.47 Å². The van der Waals surface area contributed by atoms with Crippen molar-refractivity contribution in [2.45, 2.75) is 123 Å². The summed E-state index contributed by atoms with van der Waals surface area (Å²) in [6, 6.07) is 14.6. The molecule has 0 amide bonds. The van der Waals surface area contributed by atoms with E-state index >= 15 is 0 Å². The van der Waals surface area contributed by atoms with Gasteiger partial charge in [0.25, 0.3) is 0 Å². The minimum atomic E-state index is -2.12. The molecule has 0 atom stereocenters. The highest BCUT2D eigenvalue weighted by Gasteiger charge is 2.32. The monoisotopic (exact) mass is 618 g/mol. The van der Waals surface area contributed by atoms with Gasteiger partial charge in [0.15, 0.2) is 0 Å². The molecule has 1 aliphatic rings. The van der Waals surface area contributed by atoms with Crippen molar-refractivity contribution in [3.63, 3.8) is 0 Å². The molecule has 240 valence electrons. The van der Waals surface area contributed by atoms with Crippen LogP contribution in [0.25, 0.3) is 0 Å². The van der Waals surface area contributed by atoms with Crippen molar-refractivity contribution in [2.24, 2.45) is 0 Å². The minimum Gasteiger partial charge on any atom is -0.457 e. The van der Waals surface area contributed by atoms with E-state index in [2.05, 4.69) is 69.6 Å². The molecule has 1 fully saturated rings. The van der Waals surface area contributed by atoms with E-state index in [0.29, 0.717) is 29.4 Å². The molecular formula is C38H54O5Si. The van der Waals surface area contributed by atoms with Crippen molar-refractivity contribution < 1.29 is 24.2 Å². The Morgan fingerprint density at radius 1 is 0.818 bits per heavy atom. The molecule has 6 heteroatoms. The summed E-state index contributed by atoms with van der Waals surface area (Å²) in [5.74, 6) is 0.112. The average molecular weight is 619 g/mol. The maximum Gasteiger partial charge on any atom is 0.333 e. The first-order chi connectivity index (χ1) is 21.0. The van der Waals surface area contributed by atoms with Crippen molar-refractivity contribution in [2.75, 3.05) is 6.61 Å². The molecule has 1 N–H and O–H groups in total. The van der Waals surface area contributed by atoms with Crippen LogP contribution in [0.1, 0.15) is 112 Å². The number of benzene rings is 2. The quantitative estimate of drug-likeness (QED) is 0.0885. The van der Waals surface area contributed by atoms with Gasteiger partial charge in [0.05, 0.1) is 8.07 Å². The molecule has 2 aromatic carbocycles. The second kappa shape index (κ2) is 16.9. The molecule has 0 heterocycles. The van der Waals surface area contributed by atoms with Gasteiger partial charge in [-0.3, -0.25) is 0 Å². The van der Waals surface area contributed by atoms with Gasteiger partial charge in [0.1, 0.15) is 13.2 Å². The molecule has 0 bridgehead atoms. The smallest absolute Gasteiger partial charge is 0.333 e. The van der Waals surface area contributed by atoms with Gasteiger partial charge in [-0.2, -0.15) is 0 Å². The molecule has 0 unspecified atom stereocenters. The van der Waals surface area contributed by atoms with Gasteiger partial charge >= 0.3 is 11.9 Å². The SMILES string of the molecule is C=C(C)C(=O)OCc1cc(C2CCC(c3ccc(CCCCC)cc3)CC2)cc(COC(=O)C(=C)C)c1[Si](C)(C)CCCO. The molecule has 0 aliphatic heterocycles. The maximum atomic E-state index is 12.4. The zero-order valence-electron chi connectivity index (χ0n) is 27.8. The zero-order valence-corrected chi connectivity index (χ0v) is 28.8. The Morgan fingerprint density at radius 2 is 1.32 bits per heavy atom. The first-order valence-corrected chi connectivity index (χ1v) is 19.7. The Hall–Kier alpha value is -2.96. The Kier molecular flexibility index (Phi) is 13.7. The fourth-order valence-electron chi connectivity index (χ4n) is 6.60. The summed E-state index contributed by atoms with van der Waals surface area (Å²) >= 11 is 0. The van der Waals surface area contributed by atoms with E-state index in [1.54, 1.807) is 13.8 Å². The highest BCUT2D eigenvalue weighted by atomic mass is 28.3. The van der Waals surface area contributed by atoms with Crippen molar-refractivity contribution in [3.8, 4) is 0 Å². The van der Waals surface area contributed by atoms with Crippen molar-refractivity contribution in [1.29, 1.82) is 0 Å². The van der Waals surface area contributed by atoms with Gasteiger partial charge in [-0.1, -0.05) is 88.5 Å². The van der Waals surface area contributed by atoms with Crippen LogP contribution in [0.15, 0.2) is 60.7 Å². The predicted octanol–water partition coefficient (Wildman–Crippen LogP) is 8.40. The molecule has 1 aliphatic carbocycles. The summed E-state index contributed by atoms with van der Waals surface area (Å²) < 4.78 is 11.4. The van der Waals surface area contributed by atoms with Crippen molar-refractivity contribution in [1.82, 2.24) is 0 Å². The summed E-state index contributed by atoms with van der Waals surface area (Å²) in [7, 11) is -2.12. The largest absolute Gasteiger partial charge is 0.457 e. The summed E-state index contributed by atoms with van der Waals surface area (Å²) in [5, 5.41) is 10.8. The average Bonchev–Trinajstić information content (AvgIpc) is 3.01. The molecule has 2 aromatic rings. The molecular weight excluding hydrogens is 564 g/mol. The first-order valence-electron chi connectivity index (χ1n) is 16.5. The Balaban J connectivity index is 1.90. The van der Waals surface area contributed by atoms with Crippen LogP contribution in [0.5, 0.6) is 0 Å². The predicted molar refractivity (Wildman–Crippen MR) is 183 cm³/mol. The summed E-state index contributed by atoms with van der Waals surface area (Å²) in [6.45, 7) is 18.0. The second-order valence-electron chi connectivity index (χ2n) is 13.4. The number of esters is 2. The topological polar surface area (TPSA) is 72.8 Å². The van der Waals surface area contributed by atoms with Gasteiger partial charge in [-0.05, 0) is 104 Å². The Labute approximate surface area is 266 Å². The molecule has 0 aromatic heterocycles. The molecule has 3 rings (SSSR count). The van der Waals surface area contributed by atoms with E-state index in [0.717, 1.165) is 54.5 Å². The van der Waals surface area contributed by atoms with Crippen LogP contribution >= 0.6 is 0 Å². The van der Waals surface area contributed by atoms with Crippen LogP contribution in [0.2, 0.25) is 19.1 Å². The van der Waals surface area contributed by atoms with Crippen LogP contribution < -0.4 is 5.19 Å². The van der Waals surface area contributed by atoms with Crippen molar-refractivity contribution >= 4 is 25.2 Å². The molecule has 0 saturated heterocycles. The van der Waals surface area contributed by atoms with Gasteiger partial charge < -0.3 is 14.6 Å². The van der Waals surface area contributed by atoms with Crippen LogP contribution in [0.3, 0.4) is 0 Å². The number of ether oxygens (including phenoxy) is 2. The van der Waals surface area contributed by atoms with Crippen LogP contribution in [-0.2, 0) is 38.7 Å². The fraction of sp³-hybridized carbons (Fsp3) is 0.526. The summed E-state index contributed by atoms with van der Waals surface area (Å²) in [5.41, 5.74) is 6.77. The molecule has 1 saturated carbocycles. The molecule has 0 radical (unpaired) electrons. The number of aliphatic hydroxyl groups is 1. The number of rotatable bonds is 16. The molecule has 44 heavy (non-hydrogen) atoms. The Morgan fingerprint density at radius 3 is 1.77 bits per heavy atom. The van der Waals surface area contributed by atoms with Crippen LogP contribution in [0.4, 0.5) is 0 Å². The van der Waals surface area contributed by atoms with E-state index in [-0.39, 0.29) is 19.8 Å². The summed E-state index contributed by atoms with van der Waals surface area (Å²) in [6.07, 6.45) is 10.0. The highest BCUT2D eigenvalue weighted by molar-refractivity contribution is 6.90. The van der Waals surface area contributed by atoms with Crippen LogP contribution in [0, 0.1) is 0 Å². The number of hydrogen-bond donors (Lipinski definition) is 1.